The number of esters is 1. The molecule has 3 saturated heterocycles. The highest BCUT2D eigenvalue weighted by atomic mass is 16.5. The number of hydrazine groups is 1. The van der Waals surface area contributed by atoms with Crippen molar-refractivity contribution >= 4 is 40.5 Å². The summed E-state index contributed by atoms with van der Waals surface area (Å²) in [4.78, 5) is 77.7. The zero-order chi connectivity index (χ0) is 47.2. The van der Waals surface area contributed by atoms with Crippen LogP contribution in [0.1, 0.15) is 83.7 Å². The highest BCUT2D eigenvalue weighted by Crippen LogP contribution is 2.42. The fourth-order valence-electron chi connectivity index (χ4n) is 9.96. The van der Waals surface area contributed by atoms with Crippen LogP contribution in [0.5, 0.6) is 5.75 Å². The normalized spacial score (nSPS) is 22.8. The van der Waals surface area contributed by atoms with Crippen molar-refractivity contribution in [2.24, 2.45) is 11.3 Å². The van der Waals surface area contributed by atoms with Crippen LogP contribution in [0.2, 0.25) is 0 Å². The van der Waals surface area contributed by atoms with Gasteiger partial charge in [-0.3, -0.25) is 34.0 Å². The monoisotopic (exact) mass is 904 g/mol. The molecule has 0 saturated carbocycles. The number of hydrogen-bond acceptors (Lipinski definition) is 11. The Morgan fingerprint density at radius 3 is 2.52 bits per heavy atom. The maximum absolute atomic E-state index is 14.7. The summed E-state index contributed by atoms with van der Waals surface area (Å²) < 4.78 is 14.2. The average Bonchev–Trinajstić information content (AvgIpc) is 4.09. The van der Waals surface area contributed by atoms with E-state index in [1.165, 1.54) is 9.91 Å². The van der Waals surface area contributed by atoms with Gasteiger partial charge < -0.3 is 39.6 Å². The number of rotatable bonds is 10. The summed E-state index contributed by atoms with van der Waals surface area (Å²) in [5.41, 5.74) is 9.53. The Balaban J connectivity index is 1.20. The van der Waals surface area contributed by atoms with Crippen molar-refractivity contribution < 1.29 is 38.6 Å². The fourth-order valence-corrected chi connectivity index (χ4v) is 9.96. The molecule has 0 unspecified atom stereocenters. The van der Waals surface area contributed by atoms with Crippen molar-refractivity contribution in [2.75, 3.05) is 40.4 Å². The number of amides is 4. The van der Waals surface area contributed by atoms with Crippen LogP contribution in [0, 0.1) is 11.3 Å². The van der Waals surface area contributed by atoms with E-state index in [9.17, 15) is 29.1 Å². The summed E-state index contributed by atoms with van der Waals surface area (Å²) in [6, 6.07) is 11.5. The molecule has 0 spiro atoms. The maximum atomic E-state index is 14.7. The number of carbonyl (C=O) groups excluding carboxylic acids is 5. The van der Waals surface area contributed by atoms with Crippen LogP contribution in [0.15, 0.2) is 54.7 Å². The van der Waals surface area contributed by atoms with E-state index in [0.717, 1.165) is 39.0 Å². The molecule has 4 N–H and O–H groups in total. The number of aryl methyl sites for hydroxylation is 1. The number of phenols is 1. The predicted molar refractivity (Wildman–Crippen MR) is 249 cm³/mol. The Morgan fingerprint density at radius 2 is 1.83 bits per heavy atom. The van der Waals surface area contributed by atoms with Gasteiger partial charge in [-0.15, -0.1) is 0 Å². The van der Waals surface area contributed by atoms with Crippen LogP contribution < -0.4 is 16.1 Å². The van der Waals surface area contributed by atoms with E-state index in [-0.39, 0.29) is 55.2 Å². The second kappa shape index (κ2) is 18.8. The number of fused-ring (bicyclic) bond motifs is 6. The first-order valence-corrected chi connectivity index (χ1v) is 23.3. The van der Waals surface area contributed by atoms with Gasteiger partial charge in [0.2, 0.25) is 17.7 Å². The summed E-state index contributed by atoms with van der Waals surface area (Å²) >= 11 is 0. The van der Waals surface area contributed by atoms with E-state index >= 15 is 0 Å². The largest absolute Gasteiger partial charge is 0.508 e. The van der Waals surface area contributed by atoms with E-state index in [1.54, 1.807) is 37.4 Å². The lowest BCUT2D eigenvalue weighted by atomic mass is 9.84. The van der Waals surface area contributed by atoms with Crippen molar-refractivity contribution in [3.63, 3.8) is 0 Å². The second-order valence-electron chi connectivity index (χ2n) is 19.5. The highest BCUT2D eigenvalue weighted by Gasteiger charge is 2.46. The SMILES string of the molecule is CCn1c(-c2cccnc2[C@H](C)OC)c2c3cc(ccc31)-c1cc(O)cc(c1)C[C@H](NC(=O)[C@H](C(C)C)N(C)C(=O)[C@H]1CCN1C(=O)[C@H]1CN1)C(=O)N1CCC[C@H](N1)C(=O)OCC(C)(C)C2. The summed E-state index contributed by atoms with van der Waals surface area (Å²) in [5, 5.41) is 19.7. The number of nitrogens with zero attached hydrogens (tertiary/aromatic N) is 5. The lowest BCUT2D eigenvalue weighted by Gasteiger charge is -2.43. The lowest BCUT2D eigenvalue weighted by molar-refractivity contribution is -0.156. The molecule has 4 amide bonds. The van der Waals surface area contributed by atoms with Crippen LogP contribution >= 0.6 is 0 Å². The van der Waals surface area contributed by atoms with Gasteiger partial charge in [-0.2, -0.15) is 0 Å². The van der Waals surface area contributed by atoms with Gasteiger partial charge in [-0.1, -0.05) is 39.8 Å². The molecule has 4 aliphatic heterocycles. The molecule has 6 atom stereocenters. The summed E-state index contributed by atoms with van der Waals surface area (Å²) in [7, 11) is 3.24. The molecule has 0 aliphatic carbocycles. The minimum absolute atomic E-state index is 0.0125. The van der Waals surface area contributed by atoms with Crippen molar-refractivity contribution in [1.82, 2.24) is 40.4 Å². The molecule has 4 aromatic rings. The number of benzene rings is 2. The first-order chi connectivity index (χ1) is 31.5. The zero-order valence-corrected chi connectivity index (χ0v) is 39.3. The molecule has 3 fully saturated rings. The second-order valence-corrected chi connectivity index (χ2v) is 19.5. The first-order valence-electron chi connectivity index (χ1n) is 23.3. The number of pyridine rings is 1. The van der Waals surface area contributed by atoms with Crippen LogP contribution in [-0.4, -0.2) is 130 Å². The van der Waals surface area contributed by atoms with Crippen LogP contribution in [0.4, 0.5) is 0 Å². The first kappa shape index (κ1) is 46.7. The van der Waals surface area contributed by atoms with E-state index < -0.39 is 47.4 Å². The van der Waals surface area contributed by atoms with E-state index in [1.807, 2.05) is 39.0 Å². The number of aromatic hydroxyl groups is 1. The Bertz CT molecular complexity index is 2530. The van der Waals surface area contributed by atoms with Gasteiger partial charge in [-0.05, 0) is 104 Å². The average molecular weight is 905 g/mol. The number of aromatic nitrogens is 2. The summed E-state index contributed by atoms with van der Waals surface area (Å²) in [5.74, 6) is -2.33. The van der Waals surface area contributed by atoms with E-state index in [2.05, 4.69) is 59.6 Å². The third kappa shape index (κ3) is 9.27. The molecule has 8 rings (SSSR count). The molecule has 66 heavy (non-hydrogen) atoms. The maximum Gasteiger partial charge on any atom is 0.324 e. The zero-order valence-electron chi connectivity index (χ0n) is 39.3. The molecule has 16 nitrogen and oxygen atoms in total. The number of cyclic esters (lactones) is 1. The van der Waals surface area contributed by atoms with Gasteiger partial charge >= 0.3 is 5.97 Å². The summed E-state index contributed by atoms with van der Waals surface area (Å²) in [6.07, 6.45) is 3.46. The number of hydrogen-bond donors (Lipinski definition) is 4. The smallest absolute Gasteiger partial charge is 0.324 e. The number of nitrogens with one attached hydrogen (secondary N) is 3. The number of likely N-dealkylation sites (tertiary alicyclic amines) is 1. The van der Waals surface area contributed by atoms with E-state index in [0.29, 0.717) is 56.4 Å². The van der Waals surface area contributed by atoms with Gasteiger partial charge in [0.25, 0.3) is 5.91 Å². The fraction of sp³-hybridized carbons (Fsp3) is 0.520. The third-order valence-electron chi connectivity index (χ3n) is 13.6. The van der Waals surface area contributed by atoms with Crippen molar-refractivity contribution in [3.8, 4) is 28.1 Å². The quantitative estimate of drug-likeness (QED) is 0.129. The molecule has 2 aromatic heterocycles. The molecule has 6 bridgehead atoms. The van der Waals surface area contributed by atoms with Gasteiger partial charge in [0.05, 0.1) is 30.1 Å². The molecule has 2 aromatic carbocycles. The van der Waals surface area contributed by atoms with E-state index in [4.69, 9.17) is 14.5 Å². The number of methoxy groups -OCH3 is 1. The van der Waals surface area contributed by atoms with Gasteiger partial charge in [-0.25, -0.2) is 5.43 Å². The minimum Gasteiger partial charge on any atom is -0.508 e. The third-order valence-corrected chi connectivity index (χ3v) is 13.6. The number of phenolic OH excluding ortho intramolecular Hbond substituents is 1. The van der Waals surface area contributed by atoms with Crippen LogP contribution in [0.3, 0.4) is 0 Å². The minimum atomic E-state index is -1.17. The predicted octanol–water partition coefficient (Wildman–Crippen LogP) is 4.51. The molecule has 4 aliphatic rings. The van der Waals surface area contributed by atoms with Crippen LogP contribution in [-0.2, 0) is 52.8 Å². The van der Waals surface area contributed by atoms with Crippen molar-refractivity contribution in [2.45, 2.75) is 117 Å². The molecule has 352 valence electrons. The Labute approximate surface area is 386 Å². The molecule has 16 heteroatoms. The van der Waals surface area contributed by atoms with Gasteiger partial charge in [0, 0.05) is 74.8 Å². The highest BCUT2D eigenvalue weighted by molar-refractivity contribution is 5.97. The topological polar surface area (TPSA) is 198 Å². The van der Waals surface area contributed by atoms with Crippen LogP contribution in [0.25, 0.3) is 33.3 Å². The Morgan fingerprint density at radius 1 is 1.06 bits per heavy atom. The van der Waals surface area contributed by atoms with Gasteiger partial charge in [0.1, 0.15) is 29.9 Å². The molecular formula is C50H64N8O8. The van der Waals surface area contributed by atoms with Crippen molar-refractivity contribution in [1.29, 1.82) is 0 Å². The Hall–Kier alpha value is -5.84. The molecule has 6 heterocycles. The number of carbonyl (C=O) groups is 5. The molecular weight excluding hydrogens is 841 g/mol. The standard InChI is InChI=1S/C50H64N8O8/c1-9-56-40-15-14-31-24-35(40)36(44(56)34-12-10-17-51-42(34)29(4)65-8)25-50(5,6)27-66-49(64)37-13-11-18-58(54-37)47(62)38(22-30-20-32(31)23-33(59)21-30)53-45(60)43(28(2)3)55(7)48(63)41-16-19-57(41)46(61)39-26-52-39/h10,12,14-15,17,20-21,23-24,28-29,37-39,41,43,52,54,59H,9,11,13,16,18-19,22,25-27H2,1-8H3,(H,53,60)/t29-,37-,38-,39+,41+,43-/m0/s1. The Kier molecular flexibility index (Phi) is 13.3. The number of likely N-dealkylation sites (N-methyl/N-ethyl adjacent to an activating group) is 1. The van der Waals surface area contributed by atoms with Crippen molar-refractivity contribution in [3.05, 3.63) is 71.5 Å². The number of ether oxygens (including phenoxy) is 2. The summed E-state index contributed by atoms with van der Waals surface area (Å²) in [6.45, 7) is 14.0. The molecule has 0 radical (unpaired) electrons. The lowest BCUT2D eigenvalue weighted by Crippen LogP contribution is -2.64. The van der Waals surface area contributed by atoms with Gasteiger partial charge in [0.15, 0.2) is 0 Å².